The number of hydrogen-bond donors (Lipinski definition) is 3. The van der Waals surface area contributed by atoms with Crippen molar-refractivity contribution >= 4 is 5.84 Å². The van der Waals surface area contributed by atoms with E-state index in [9.17, 15) is 0 Å². The van der Waals surface area contributed by atoms with Gasteiger partial charge in [0.15, 0.2) is 0 Å². The summed E-state index contributed by atoms with van der Waals surface area (Å²) in [5, 5.41) is 13.7. The molecule has 2 aliphatic carbocycles. The molecular weight excluding hydrogens is 248 g/mol. The maximum atomic E-state index is 8.33. The molecule has 0 aromatic heterocycles. The Morgan fingerprint density at radius 2 is 1.90 bits per heavy atom. The van der Waals surface area contributed by atoms with Crippen molar-refractivity contribution in [2.45, 2.75) is 64.5 Å². The summed E-state index contributed by atoms with van der Waals surface area (Å²) in [5.74, 6) is 2.96. The summed E-state index contributed by atoms with van der Waals surface area (Å²) in [4.78, 5) is 0. The van der Waals surface area contributed by atoms with Crippen molar-refractivity contribution in [3.05, 3.63) is 0 Å². The third-order valence-electron chi connectivity index (χ3n) is 5.45. The number of hydrazine groups is 1. The third kappa shape index (κ3) is 3.95. The van der Waals surface area contributed by atoms with E-state index in [4.69, 9.17) is 5.41 Å². The van der Waals surface area contributed by atoms with Crippen LogP contribution in [0.5, 0.6) is 0 Å². The van der Waals surface area contributed by atoms with Crippen LogP contribution in [0.4, 0.5) is 0 Å². The van der Waals surface area contributed by atoms with Crippen molar-refractivity contribution in [2.75, 3.05) is 14.1 Å². The maximum absolute atomic E-state index is 8.33. The third-order valence-corrected chi connectivity index (χ3v) is 5.45. The van der Waals surface area contributed by atoms with Crippen LogP contribution in [0, 0.1) is 23.2 Å². The van der Waals surface area contributed by atoms with E-state index in [0.29, 0.717) is 5.92 Å². The van der Waals surface area contributed by atoms with Gasteiger partial charge in [-0.05, 0) is 45.1 Å². The topological polar surface area (TPSA) is 51.1 Å². The summed E-state index contributed by atoms with van der Waals surface area (Å²) in [5.41, 5.74) is 3.10. The summed E-state index contributed by atoms with van der Waals surface area (Å²) >= 11 is 0. The molecule has 4 heteroatoms. The van der Waals surface area contributed by atoms with Gasteiger partial charge >= 0.3 is 0 Å². The summed E-state index contributed by atoms with van der Waals surface area (Å²) < 4.78 is 0. The first-order valence-electron chi connectivity index (χ1n) is 8.37. The standard InChI is InChI=1S/C16H32N4/c1-12(20(3)18-2)19-16(17)15-10-9-14(15)11-13-7-5-4-6-8-13/h12-15,18H,4-11H2,1-3H3,(H2,17,19). The van der Waals surface area contributed by atoms with E-state index >= 15 is 0 Å². The molecule has 3 unspecified atom stereocenters. The monoisotopic (exact) mass is 280 g/mol. The van der Waals surface area contributed by atoms with Crippen LogP contribution in [0.1, 0.15) is 58.3 Å². The fourth-order valence-corrected chi connectivity index (χ4v) is 3.70. The fraction of sp³-hybridized carbons (Fsp3) is 0.938. The predicted octanol–water partition coefficient (Wildman–Crippen LogP) is 2.96. The van der Waals surface area contributed by atoms with Crippen LogP contribution in [-0.2, 0) is 0 Å². The van der Waals surface area contributed by atoms with E-state index < -0.39 is 0 Å². The van der Waals surface area contributed by atoms with E-state index in [2.05, 4.69) is 17.7 Å². The Balaban J connectivity index is 1.75. The van der Waals surface area contributed by atoms with E-state index in [0.717, 1.165) is 17.7 Å². The van der Waals surface area contributed by atoms with Gasteiger partial charge in [0.2, 0.25) is 0 Å². The zero-order valence-electron chi connectivity index (χ0n) is 13.4. The van der Waals surface area contributed by atoms with Crippen LogP contribution < -0.4 is 10.7 Å². The van der Waals surface area contributed by atoms with Gasteiger partial charge in [0.1, 0.15) is 0 Å². The molecule has 116 valence electrons. The van der Waals surface area contributed by atoms with E-state index in [1.54, 1.807) is 0 Å². The van der Waals surface area contributed by atoms with Gasteiger partial charge in [-0.25, -0.2) is 5.01 Å². The van der Waals surface area contributed by atoms with Gasteiger partial charge in [0.25, 0.3) is 0 Å². The molecule has 3 N–H and O–H groups in total. The minimum atomic E-state index is 0.170. The Kier molecular flexibility index (Phi) is 5.85. The molecule has 0 amide bonds. The van der Waals surface area contributed by atoms with E-state index in [-0.39, 0.29) is 6.17 Å². The van der Waals surface area contributed by atoms with Gasteiger partial charge in [-0.2, -0.15) is 0 Å². The van der Waals surface area contributed by atoms with Gasteiger partial charge < -0.3 is 5.32 Å². The molecule has 0 heterocycles. The van der Waals surface area contributed by atoms with Crippen molar-refractivity contribution in [1.29, 1.82) is 5.41 Å². The Bertz CT molecular complexity index is 312. The largest absolute Gasteiger partial charge is 0.357 e. The summed E-state index contributed by atoms with van der Waals surface area (Å²) in [6.07, 6.45) is 11.2. The highest BCUT2D eigenvalue weighted by Crippen LogP contribution is 2.42. The SMILES string of the molecule is CNN(C)C(C)NC(=N)C1CCC1CC1CCCCC1. The highest BCUT2D eigenvalue weighted by Gasteiger charge is 2.36. The van der Waals surface area contributed by atoms with Gasteiger partial charge in [-0.3, -0.25) is 10.8 Å². The lowest BCUT2D eigenvalue weighted by molar-refractivity contribution is 0.155. The minimum absolute atomic E-state index is 0.170. The Morgan fingerprint density at radius 1 is 1.20 bits per heavy atom. The molecule has 2 saturated carbocycles. The molecule has 4 nitrogen and oxygen atoms in total. The first-order valence-corrected chi connectivity index (χ1v) is 8.37. The Labute approximate surface area is 124 Å². The molecule has 0 bridgehead atoms. The highest BCUT2D eigenvalue weighted by molar-refractivity contribution is 5.82. The molecule has 3 atom stereocenters. The van der Waals surface area contributed by atoms with Crippen molar-refractivity contribution < 1.29 is 0 Å². The number of nitrogens with one attached hydrogen (secondary N) is 3. The van der Waals surface area contributed by atoms with Crippen molar-refractivity contribution in [2.24, 2.45) is 17.8 Å². The molecule has 0 aromatic rings. The van der Waals surface area contributed by atoms with Crippen LogP contribution in [0.2, 0.25) is 0 Å². The smallest absolute Gasteiger partial charge is 0.0978 e. The second-order valence-corrected chi connectivity index (χ2v) is 6.75. The molecule has 0 saturated heterocycles. The number of amidine groups is 1. The lowest BCUT2D eigenvalue weighted by atomic mass is 9.67. The van der Waals surface area contributed by atoms with Gasteiger partial charge in [0.05, 0.1) is 12.0 Å². The van der Waals surface area contributed by atoms with Crippen molar-refractivity contribution in [3.8, 4) is 0 Å². The molecule has 20 heavy (non-hydrogen) atoms. The summed E-state index contributed by atoms with van der Waals surface area (Å²) in [7, 11) is 3.92. The summed E-state index contributed by atoms with van der Waals surface area (Å²) in [6, 6.07) is 0. The highest BCUT2D eigenvalue weighted by atomic mass is 15.5. The molecule has 2 fully saturated rings. The van der Waals surface area contributed by atoms with Gasteiger partial charge in [0, 0.05) is 13.0 Å². The second-order valence-electron chi connectivity index (χ2n) is 6.75. The molecule has 2 rings (SSSR count). The summed E-state index contributed by atoms with van der Waals surface area (Å²) in [6.45, 7) is 2.10. The average Bonchev–Trinajstić information content (AvgIpc) is 2.43. The molecule has 0 aromatic carbocycles. The quantitative estimate of drug-likeness (QED) is 0.303. The normalized spacial score (nSPS) is 29.0. The van der Waals surface area contributed by atoms with Crippen molar-refractivity contribution in [3.63, 3.8) is 0 Å². The lowest BCUT2D eigenvalue weighted by Crippen LogP contribution is -2.52. The van der Waals surface area contributed by atoms with Crippen LogP contribution in [-0.4, -0.2) is 31.1 Å². The number of hydrogen-bond acceptors (Lipinski definition) is 3. The van der Waals surface area contributed by atoms with Crippen LogP contribution >= 0.6 is 0 Å². The Hall–Kier alpha value is -0.610. The number of rotatable bonds is 6. The second kappa shape index (κ2) is 7.41. The van der Waals surface area contributed by atoms with Gasteiger partial charge in [-0.1, -0.05) is 32.1 Å². The van der Waals surface area contributed by atoms with Crippen LogP contribution in [0.3, 0.4) is 0 Å². The molecule has 0 radical (unpaired) electrons. The number of nitrogens with zero attached hydrogens (tertiary/aromatic N) is 1. The average molecular weight is 280 g/mol. The molecule has 0 spiro atoms. The zero-order valence-corrected chi connectivity index (χ0v) is 13.4. The fourth-order valence-electron chi connectivity index (χ4n) is 3.70. The Morgan fingerprint density at radius 3 is 2.45 bits per heavy atom. The molecule has 2 aliphatic rings. The maximum Gasteiger partial charge on any atom is 0.0978 e. The molecular formula is C16H32N4. The minimum Gasteiger partial charge on any atom is -0.357 e. The first kappa shape index (κ1) is 15.8. The van der Waals surface area contributed by atoms with Gasteiger partial charge in [-0.15, -0.1) is 0 Å². The van der Waals surface area contributed by atoms with Crippen LogP contribution in [0.25, 0.3) is 0 Å². The van der Waals surface area contributed by atoms with Crippen LogP contribution in [0.15, 0.2) is 0 Å². The van der Waals surface area contributed by atoms with E-state index in [1.807, 2.05) is 19.1 Å². The lowest BCUT2D eigenvalue weighted by Gasteiger charge is -2.41. The predicted molar refractivity (Wildman–Crippen MR) is 84.6 cm³/mol. The van der Waals surface area contributed by atoms with Crippen molar-refractivity contribution in [1.82, 2.24) is 15.8 Å². The van der Waals surface area contributed by atoms with E-state index in [1.165, 1.54) is 51.4 Å². The first-order chi connectivity index (χ1) is 9.61. The molecule has 0 aliphatic heterocycles. The zero-order chi connectivity index (χ0) is 14.5.